The van der Waals surface area contributed by atoms with Gasteiger partial charge in [-0.05, 0) is 18.9 Å². The summed E-state index contributed by atoms with van der Waals surface area (Å²) in [6.45, 7) is 1.03. The molecule has 1 unspecified atom stereocenters. The normalized spacial score (nSPS) is 26.0. The second kappa shape index (κ2) is 6.36. The minimum absolute atomic E-state index is 0.113. The summed E-state index contributed by atoms with van der Waals surface area (Å²) in [4.78, 5) is 25.7. The van der Waals surface area contributed by atoms with Crippen LogP contribution in [0.25, 0.3) is 0 Å². The molecule has 0 spiro atoms. The number of amides is 1. The summed E-state index contributed by atoms with van der Waals surface area (Å²) in [6.07, 6.45) is 0.390. The zero-order valence-electron chi connectivity index (χ0n) is 13.6. The number of benzene rings is 1. The van der Waals surface area contributed by atoms with Crippen LogP contribution >= 0.6 is 0 Å². The summed E-state index contributed by atoms with van der Waals surface area (Å²) < 4.78 is 10.8. The first-order chi connectivity index (χ1) is 12.1. The van der Waals surface area contributed by atoms with E-state index in [0.29, 0.717) is 30.3 Å². The van der Waals surface area contributed by atoms with Crippen molar-refractivity contribution in [3.8, 4) is 5.75 Å². The van der Waals surface area contributed by atoms with E-state index in [1.807, 2.05) is 12.1 Å². The number of carbonyl (C=O) groups is 1. The number of aromatic nitrogens is 2. The number of H-pyrrole nitrogens is 1. The summed E-state index contributed by atoms with van der Waals surface area (Å²) in [5, 5.41) is 16.4. The molecule has 25 heavy (non-hydrogen) atoms. The highest BCUT2D eigenvalue weighted by molar-refractivity contribution is 5.82. The molecule has 4 rings (SSSR count). The van der Waals surface area contributed by atoms with Gasteiger partial charge in [-0.3, -0.25) is 4.79 Å². The molecule has 1 aromatic heterocycles. The van der Waals surface area contributed by atoms with Crippen molar-refractivity contribution >= 4 is 5.91 Å². The van der Waals surface area contributed by atoms with Gasteiger partial charge in [0.25, 0.3) is 5.91 Å². The first-order valence-corrected chi connectivity index (χ1v) is 8.39. The summed E-state index contributed by atoms with van der Waals surface area (Å²) in [6, 6.07) is 7.21. The number of nitrogens with zero attached hydrogens (tertiary/aromatic N) is 2. The van der Waals surface area contributed by atoms with Crippen molar-refractivity contribution in [2.45, 2.75) is 37.4 Å². The Hall–Kier alpha value is -2.61. The molecule has 8 nitrogen and oxygen atoms in total. The van der Waals surface area contributed by atoms with Gasteiger partial charge < -0.3 is 19.2 Å². The van der Waals surface area contributed by atoms with Crippen molar-refractivity contribution in [3.05, 3.63) is 46.3 Å². The van der Waals surface area contributed by atoms with E-state index >= 15 is 0 Å². The van der Waals surface area contributed by atoms with Crippen LogP contribution in [-0.2, 0) is 4.79 Å². The van der Waals surface area contributed by atoms with Gasteiger partial charge >= 0.3 is 5.76 Å². The number of aliphatic hydroxyl groups is 1. The van der Waals surface area contributed by atoms with Crippen molar-refractivity contribution in [1.82, 2.24) is 15.1 Å². The zero-order chi connectivity index (χ0) is 17.4. The Morgan fingerprint density at radius 1 is 1.36 bits per heavy atom. The molecule has 1 aromatic carbocycles. The van der Waals surface area contributed by atoms with Gasteiger partial charge in [-0.15, -0.1) is 5.10 Å². The minimum Gasteiger partial charge on any atom is -0.480 e. The van der Waals surface area contributed by atoms with Crippen molar-refractivity contribution in [2.75, 3.05) is 13.1 Å². The average molecular weight is 345 g/mol. The topological polar surface area (TPSA) is 109 Å². The van der Waals surface area contributed by atoms with Gasteiger partial charge in [0.15, 0.2) is 6.10 Å². The molecule has 132 valence electrons. The van der Waals surface area contributed by atoms with Gasteiger partial charge in [0, 0.05) is 25.1 Å². The largest absolute Gasteiger partial charge is 0.480 e. The van der Waals surface area contributed by atoms with Crippen molar-refractivity contribution < 1.29 is 19.1 Å². The average Bonchev–Trinajstić information content (AvgIpc) is 3.08. The highest BCUT2D eigenvalue weighted by Crippen LogP contribution is 2.35. The Balaban J connectivity index is 1.48. The third-order valence-electron chi connectivity index (χ3n) is 4.80. The highest BCUT2D eigenvalue weighted by atomic mass is 16.5. The molecule has 3 heterocycles. The fourth-order valence-corrected chi connectivity index (χ4v) is 3.54. The molecule has 1 saturated heterocycles. The Kier molecular flexibility index (Phi) is 4.04. The van der Waals surface area contributed by atoms with Gasteiger partial charge in [-0.1, -0.05) is 18.2 Å². The molecule has 2 N–H and O–H groups in total. The number of likely N-dealkylation sites (tertiary alicyclic amines) is 1. The molecule has 1 fully saturated rings. The van der Waals surface area contributed by atoms with Crippen LogP contribution in [0, 0.1) is 0 Å². The van der Waals surface area contributed by atoms with E-state index in [-0.39, 0.29) is 18.2 Å². The summed E-state index contributed by atoms with van der Waals surface area (Å²) in [5.74, 6) is 0.0197. The van der Waals surface area contributed by atoms with Crippen LogP contribution < -0.4 is 10.5 Å². The molecule has 2 aliphatic rings. The highest BCUT2D eigenvalue weighted by Gasteiger charge is 2.36. The fourth-order valence-electron chi connectivity index (χ4n) is 3.54. The first-order valence-electron chi connectivity index (χ1n) is 8.39. The van der Waals surface area contributed by atoms with E-state index < -0.39 is 18.0 Å². The van der Waals surface area contributed by atoms with E-state index in [0.717, 1.165) is 12.8 Å². The summed E-state index contributed by atoms with van der Waals surface area (Å²) >= 11 is 0. The third kappa shape index (κ3) is 3.05. The van der Waals surface area contributed by atoms with Gasteiger partial charge in [-0.2, -0.15) is 0 Å². The minimum atomic E-state index is -0.719. The van der Waals surface area contributed by atoms with E-state index in [1.54, 1.807) is 17.0 Å². The van der Waals surface area contributed by atoms with Crippen molar-refractivity contribution in [1.29, 1.82) is 0 Å². The van der Waals surface area contributed by atoms with Gasteiger partial charge in [0.05, 0.1) is 12.0 Å². The number of para-hydroxylation sites is 1. The van der Waals surface area contributed by atoms with Crippen LogP contribution in [0.5, 0.6) is 5.75 Å². The molecule has 2 aromatic rings. The maximum Gasteiger partial charge on any atom is 0.434 e. The van der Waals surface area contributed by atoms with Gasteiger partial charge in [0.2, 0.25) is 5.89 Å². The number of hydrogen-bond donors (Lipinski definition) is 2. The molecular weight excluding hydrogens is 326 g/mol. The lowest BCUT2D eigenvalue weighted by molar-refractivity contribution is -0.142. The van der Waals surface area contributed by atoms with Gasteiger partial charge in [0.1, 0.15) is 5.75 Å². The zero-order valence-corrected chi connectivity index (χ0v) is 13.6. The summed E-state index contributed by atoms with van der Waals surface area (Å²) in [5.41, 5.74) is 0.710. The molecule has 8 heteroatoms. The number of fused-ring (bicyclic) bond motifs is 1. The number of aromatic amines is 1. The van der Waals surface area contributed by atoms with E-state index in [2.05, 4.69) is 10.2 Å². The Labute approximate surface area is 143 Å². The molecule has 3 atom stereocenters. The first kappa shape index (κ1) is 15.9. The van der Waals surface area contributed by atoms with Crippen LogP contribution in [-0.4, -0.2) is 45.3 Å². The number of hydrogen-bond acceptors (Lipinski definition) is 6. The van der Waals surface area contributed by atoms with E-state index in [9.17, 15) is 14.7 Å². The summed E-state index contributed by atoms with van der Waals surface area (Å²) in [7, 11) is 0. The van der Waals surface area contributed by atoms with Crippen LogP contribution in [0.1, 0.15) is 42.7 Å². The lowest BCUT2D eigenvalue weighted by Gasteiger charge is -2.36. The maximum absolute atomic E-state index is 12.9. The Bertz CT molecular complexity index is 829. The number of rotatable bonds is 2. The van der Waals surface area contributed by atoms with Crippen LogP contribution in [0.2, 0.25) is 0 Å². The number of aliphatic hydroxyl groups excluding tert-OH is 1. The number of piperidine rings is 1. The molecule has 1 amide bonds. The number of carbonyl (C=O) groups excluding carboxylic acids is 1. The SMILES string of the molecule is O=C([C@H]1C[C@@H](O)c2ccccc2O1)N1CCCC(c2n[nH]c(=O)o2)C1. The maximum atomic E-state index is 12.9. The molecular formula is C17H19N3O5. The Morgan fingerprint density at radius 2 is 2.20 bits per heavy atom. The second-order valence-electron chi connectivity index (χ2n) is 6.47. The standard InChI is InChI=1S/C17H19N3O5/c21-12-8-14(24-13-6-2-1-5-11(12)13)16(22)20-7-3-4-10(9-20)15-18-19-17(23)25-15/h1-2,5-6,10,12,14,21H,3-4,7-9H2,(H,19,23)/t10?,12-,14-/m1/s1. The molecule has 0 radical (unpaired) electrons. The number of nitrogens with one attached hydrogen (secondary N) is 1. The lowest BCUT2D eigenvalue weighted by atomic mass is 9.95. The van der Waals surface area contributed by atoms with E-state index in [4.69, 9.17) is 9.15 Å². The van der Waals surface area contributed by atoms with Crippen LogP contribution in [0.15, 0.2) is 33.5 Å². The third-order valence-corrected chi connectivity index (χ3v) is 4.80. The fraction of sp³-hybridized carbons (Fsp3) is 0.471. The molecule has 0 bridgehead atoms. The predicted molar refractivity (Wildman–Crippen MR) is 86.1 cm³/mol. The van der Waals surface area contributed by atoms with Gasteiger partial charge in [-0.25, -0.2) is 9.89 Å². The monoisotopic (exact) mass is 345 g/mol. The van der Waals surface area contributed by atoms with Crippen LogP contribution in [0.4, 0.5) is 0 Å². The van der Waals surface area contributed by atoms with Crippen molar-refractivity contribution in [2.24, 2.45) is 0 Å². The second-order valence-corrected chi connectivity index (χ2v) is 6.47. The Morgan fingerprint density at radius 3 is 3.00 bits per heavy atom. The molecule has 0 saturated carbocycles. The quantitative estimate of drug-likeness (QED) is 0.839. The van der Waals surface area contributed by atoms with Crippen molar-refractivity contribution in [3.63, 3.8) is 0 Å². The predicted octanol–water partition coefficient (Wildman–Crippen LogP) is 0.954. The van der Waals surface area contributed by atoms with Crippen LogP contribution in [0.3, 0.4) is 0 Å². The smallest absolute Gasteiger partial charge is 0.434 e. The molecule has 0 aliphatic carbocycles. The van der Waals surface area contributed by atoms with E-state index in [1.165, 1.54) is 0 Å². The number of ether oxygens (including phenoxy) is 1. The lowest BCUT2D eigenvalue weighted by Crippen LogP contribution is -2.47. The molecule has 2 aliphatic heterocycles.